The molecule has 0 aliphatic carbocycles. The van der Waals surface area contributed by atoms with Crippen LogP contribution in [0.4, 0.5) is 23.7 Å². The molecule has 0 aliphatic heterocycles. The number of halogens is 3. The van der Waals surface area contributed by atoms with Gasteiger partial charge in [0.1, 0.15) is 11.2 Å². The minimum atomic E-state index is -4.67. The summed E-state index contributed by atoms with van der Waals surface area (Å²) in [6.45, 7) is 6.91. The lowest BCUT2D eigenvalue weighted by Crippen LogP contribution is -2.34. The highest BCUT2D eigenvalue weighted by Crippen LogP contribution is 2.34. The summed E-state index contributed by atoms with van der Waals surface area (Å²) in [6.07, 6.45) is -5.29. The number of pyridine rings is 1. The monoisotopic (exact) mass is 505 g/mol. The molecule has 1 heterocycles. The summed E-state index contributed by atoms with van der Waals surface area (Å²) < 4.78 is 51.2. The fourth-order valence-corrected chi connectivity index (χ4v) is 3.63. The number of nitrogens with zero attached hydrogens (tertiary/aromatic N) is 1. The Balaban J connectivity index is 2.14. The van der Waals surface area contributed by atoms with E-state index in [2.05, 4.69) is 10.1 Å². The fourth-order valence-electron chi connectivity index (χ4n) is 3.63. The summed E-state index contributed by atoms with van der Waals surface area (Å²) in [5, 5.41) is 2.76. The quantitative estimate of drug-likeness (QED) is 0.485. The predicted molar refractivity (Wildman–Crippen MR) is 128 cm³/mol. The Kier molecular flexibility index (Phi) is 7.06. The molecule has 2 aromatic carbocycles. The Hall–Kier alpha value is -4.02. The number of methoxy groups -OCH3 is 1. The van der Waals surface area contributed by atoms with Gasteiger partial charge in [-0.2, -0.15) is 13.2 Å². The zero-order valence-corrected chi connectivity index (χ0v) is 20.3. The molecule has 11 heteroatoms. The van der Waals surface area contributed by atoms with E-state index in [1.54, 1.807) is 39.8 Å². The van der Waals surface area contributed by atoms with Crippen LogP contribution in [0.5, 0.6) is 0 Å². The molecule has 1 atom stereocenters. The van der Waals surface area contributed by atoms with Crippen LogP contribution in [0.1, 0.15) is 55.2 Å². The van der Waals surface area contributed by atoms with Crippen molar-refractivity contribution < 1.29 is 32.2 Å². The molecule has 0 spiro atoms. The number of alkyl halides is 3. The van der Waals surface area contributed by atoms with Gasteiger partial charge in [0, 0.05) is 11.1 Å². The van der Waals surface area contributed by atoms with E-state index in [4.69, 9.17) is 10.5 Å². The van der Waals surface area contributed by atoms with Crippen molar-refractivity contribution in [1.29, 1.82) is 0 Å². The minimum absolute atomic E-state index is 0.0760. The Morgan fingerprint density at radius 3 is 2.19 bits per heavy atom. The molecule has 3 aromatic rings. The number of nitrogens with two attached hydrogens (primary N) is 1. The lowest BCUT2D eigenvalue weighted by Gasteiger charge is -2.22. The number of benzene rings is 2. The molecule has 8 nitrogen and oxygen atoms in total. The fraction of sp³-hybridized carbons (Fsp3) is 0.320. The first-order valence-corrected chi connectivity index (χ1v) is 10.9. The lowest BCUT2D eigenvalue weighted by atomic mass is 10.0. The molecule has 0 aliphatic rings. The van der Waals surface area contributed by atoms with Gasteiger partial charge in [-0.05, 0) is 57.5 Å². The molecule has 36 heavy (non-hydrogen) atoms. The Morgan fingerprint density at radius 1 is 1.06 bits per heavy atom. The topological polar surface area (TPSA) is 113 Å². The third-order valence-electron chi connectivity index (χ3n) is 5.32. The summed E-state index contributed by atoms with van der Waals surface area (Å²) >= 11 is 0. The molecular formula is C25H26F3N3O5. The van der Waals surface area contributed by atoms with Gasteiger partial charge in [-0.25, -0.2) is 9.59 Å². The van der Waals surface area contributed by atoms with Gasteiger partial charge in [-0.1, -0.05) is 18.2 Å². The first-order valence-electron chi connectivity index (χ1n) is 10.9. The number of hydrogen-bond acceptors (Lipinski definition) is 6. The van der Waals surface area contributed by atoms with Crippen LogP contribution in [0.2, 0.25) is 0 Å². The first-order chi connectivity index (χ1) is 16.6. The minimum Gasteiger partial charge on any atom is -0.465 e. The van der Waals surface area contributed by atoms with Crippen LogP contribution in [-0.4, -0.2) is 29.3 Å². The normalized spacial score (nSPS) is 12.8. The van der Waals surface area contributed by atoms with Crippen molar-refractivity contribution in [3.63, 3.8) is 0 Å². The number of aromatic nitrogens is 1. The van der Waals surface area contributed by atoms with Crippen LogP contribution in [0.25, 0.3) is 16.6 Å². The number of carbonyl (C=O) groups is 2. The number of nitrogen functional groups attached to an aromatic ring is 1. The largest absolute Gasteiger partial charge is 0.465 e. The third kappa shape index (κ3) is 5.45. The zero-order valence-electron chi connectivity index (χ0n) is 20.3. The summed E-state index contributed by atoms with van der Waals surface area (Å²) in [5.74, 6) is -1.01. The predicted octanol–water partition coefficient (Wildman–Crippen LogP) is 4.96. The molecule has 192 valence electrons. The maximum atomic E-state index is 13.4. The zero-order chi connectivity index (χ0) is 27.0. The van der Waals surface area contributed by atoms with E-state index in [9.17, 15) is 27.6 Å². The van der Waals surface area contributed by atoms with E-state index >= 15 is 0 Å². The van der Waals surface area contributed by atoms with Crippen LogP contribution in [0.3, 0.4) is 0 Å². The van der Waals surface area contributed by atoms with Crippen LogP contribution in [0.15, 0.2) is 47.3 Å². The van der Waals surface area contributed by atoms with Crippen LogP contribution >= 0.6 is 0 Å². The van der Waals surface area contributed by atoms with E-state index < -0.39 is 46.6 Å². The third-order valence-corrected chi connectivity index (χ3v) is 5.32. The Labute approximate surface area is 204 Å². The molecule has 1 amide bonds. The van der Waals surface area contributed by atoms with Crippen LogP contribution in [0, 0.1) is 0 Å². The summed E-state index contributed by atoms with van der Waals surface area (Å²) in [4.78, 5) is 37.7. The van der Waals surface area contributed by atoms with Gasteiger partial charge in [-0.15, -0.1) is 0 Å². The second-order valence-electron chi connectivity index (χ2n) is 9.11. The number of amides is 1. The second-order valence-corrected chi connectivity index (χ2v) is 9.11. The van der Waals surface area contributed by atoms with Crippen molar-refractivity contribution in [1.82, 2.24) is 9.88 Å². The van der Waals surface area contributed by atoms with E-state index in [1.165, 1.54) is 12.1 Å². The number of esters is 1. The average molecular weight is 505 g/mol. The number of hydrogen-bond donors (Lipinski definition) is 2. The number of fused-ring (bicyclic) bond motifs is 1. The van der Waals surface area contributed by atoms with Gasteiger partial charge in [0.05, 0.1) is 29.9 Å². The summed E-state index contributed by atoms with van der Waals surface area (Å²) in [5.41, 5.74) is 3.33. The highest BCUT2D eigenvalue weighted by Gasteiger charge is 2.32. The molecule has 0 saturated heterocycles. The standard InChI is InChI=1S/C25H26F3N3O5/c1-13(30-23(34)36-24(2,3)4)14-6-9-16(10-7-14)31-18-12-15(25(26,27)28)8-11-17(18)20(29)19(21(31)32)22(33)35-5/h6-13H,29H2,1-5H3,(H,30,34). The summed E-state index contributed by atoms with van der Waals surface area (Å²) in [7, 11) is 1.07. The van der Waals surface area contributed by atoms with Gasteiger partial charge in [0.25, 0.3) is 5.56 Å². The molecule has 0 fully saturated rings. The highest BCUT2D eigenvalue weighted by atomic mass is 19.4. The van der Waals surface area contributed by atoms with Crippen molar-refractivity contribution >= 4 is 28.7 Å². The van der Waals surface area contributed by atoms with Gasteiger partial charge in [-0.3, -0.25) is 9.36 Å². The van der Waals surface area contributed by atoms with Crippen LogP contribution in [-0.2, 0) is 15.7 Å². The SMILES string of the molecule is COC(=O)c1c(N)c2ccc(C(F)(F)F)cc2n(-c2ccc(C(C)NC(=O)OC(C)(C)C)cc2)c1=O. The van der Waals surface area contributed by atoms with E-state index in [1.807, 2.05) is 0 Å². The Morgan fingerprint density at radius 2 is 1.67 bits per heavy atom. The van der Waals surface area contributed by atoms with E-state index in [0.29, 0.717) is 5.56 Å². The van der Waals surface area contributed by atoms with Crippen LogP contribution < -0.4 is 16.6 Å². The Bertz CT molecular complexity index is 1370. The first kappa shape index (κ1) is 26.6. The molecule has 0 bridgehead atoms. The number of ether oxygens (including phenoxy) is 2. The van der Waals surface area contributed by atoms with E-state index in [-0.39, 0.29) is 22.3 Å². The highest BCUT2D eigenvalue weighted by molar-refractivity contribution is 6.04. The lowest BCUT2D eigenvalue weighted by molar-refractivity contribution is -0.137. The number of nitrogens with one attached hydrogen (secondary N) is 1. The van der Waals surface area contributed by atoms with Crippen molar-refractivity contribution in [2.45, 2.75) is 45.5 Å². The van der Waals surface area contributed by atoms with Gasteiger partial charge >= 0.3 is 18.2 Å². The molecule has 1 unspecified atom stereocenters. The number of alkyl carbamates (subject to hydrolysis) is 1. The average Bonchev–Trinajstić information content (AvgIpc) is 2.77. The van der Waals surface area contributed by atoms with Crippen molar-refractivity contribution in [3.05, 3.63) is 69.5 Å². The van der Waals surface area contributed by atoms with Gasteiger partial charge in [0.15, 0.2) is 0 Å². The molecule has 3 rings (SSSR count). The number of carbonyl (C=O) groups excluding carboxylic acids is 2. The van der Waals surface area contributed by atoms with Gasteiger partial charge < -0.3 is 20.5 Å². The maximum Gasteiger partial charge on any atom is 0.416 e. The van der Waals surface area contributed by atoms with Crippen molar-refractivity contribution in [2.24, 2.45) is 0 Å². The van der Waals surface area contributed by atoms with Gasteiger partial charge in [0.2, 0.25) is 0 Å². The maximum absolute atomic E-state index is 13.4. The molecule has 0 saturated carbocycles. The number of anilines is 1. The summed E-state index contributed by atoms with van der Waals surface area (Å²) in [6, 6.07) is 8.42. The molecule has 0 radical (unpaired) electrons. The number of rotatable bonds is 4. The smallest absolute Gasteiger partial charge is 0.416 e. The molecule has 1 aromatic heterocycles. The molecule has 3 N–H and O–H groups in total. The molecular weight excluding hydrogens is 479 g/mol. The van der Waals surface area contributed by atoms with E-state index in [0.717, 1.165) is 29.9 Å². The van der Waals surface area contributed by atoms with Crippen molar-refractivity contribution in [3.8, 4) is 5.69 Å². The second kappa shape index (κ2) is 9.56. The van der Waals surface area contributed by atoms with Crippen molar-refractivity contribution in [2.75, 3.05) is 12.8 Å².